The molecular weight excluding hydrogens is 364 g/mol. The second-order valence-electron chi connectivity index (χ2n) is 5.35. The van der Waals surface area contributed by atoms with E-state index in [2.05, 4.69) is 5.32 Å². The molecule has 0 saturated heterocycles. The number of anilines is 1. The van der Waals surface area contributed by atoms with E-state index in [4.69, 9.17) is 17.0 Å². The number of thiophene rings is 1. The maximum absolute atomic E-state index is 13.0. The van der Waals surface area contributed by atoms with Gasteiger partial charge in [0, 0.05) is 22.7 Å². The molecule has 2 heterocycles. The van der Waals surface area contributed by atoms with E-state index < -0.39 is 0 Å². The van der Waals surface area contributed by atoms with E-state index in [9.17, 15) is 5.11 Å². The highest BCUT2D eigenvalue weighted by Gasteiger charge is 2.18. The number of hydrogen-bond acceptors (Lipinski definition) is 4. The third kappa shape index (κ3) is 4.28. The molecular formula is C20H18N2O2S2. The molecule has 0 unspecified atom stereocenters. The van der Waals surface area contributed by atoms with Crippen LogP contribution in [0, 0.1) is 0 Å². The van der Waals surface area contributed by atoms with Crippen LogP contribution in [0.25, 0.3) is 11.5 Å². The molecule has 0 amide bonds. The first kappa shape index (κ1) is 18.1. The Kier molecular flexibility index (Phi) is 5.99. The van der Waals surface area contributed by atoms with Crippen molar-refractivity contribution in [2.45, 2.75) is 6.92 Å². The Hall–Kier alpha value is -2.70. The molecule has 1 aromatic carbocycles. The molecule has 3 rings (SSSR count). The second kappa shape index (κ2) is 8.60. The van der Waals surface area contributed by atoms with Gasteiger partial charge in [-0.25, -0.2) is 0 Å². The Morgan fingerprint density at radius 3 is 2.46 bits per heavy atom. The molecule has 3 aromatic rings. The number of thiocarbonyl (C=S) groups is 1. The normalized spacial score (nSPS) is 11.6. The summed E-state index contributed by atoms with van der Waals surface area (Å²) in [7, 11) is 0. The molecule has 0 radical (unpaired) electrons. The van der Waals surface area contributed by atoms with Crippen molar-refractivity contribution in [3.05, 3.63) is 77.2 Å². The molecule has 2 aromatic heterocycles. The van der Waals surface area contributed by atoms with Crippen LogP contribution in [0.5, 0.6) is 5.75 Å². The summed E-state index contributed by atoms with van der Waals surface area (Å²) in [6, 6.07) is 16.8. The minimum Gasteiger partial charge on any atom is -0.867 e. The minimum absolute atomic E-state index is 0.111. The van der Waals surface area contributed by atoms with Gasteiger partial charge in [0.15, 0.2) is 17.4 Å². The smallest absolute Gasteiger partial charge is 0.239 e. The minimum atomic E-state index is -0.111. The summed E-state index contributed by atoms with van der Waals surface area (Å²) >= 11 is 6.95. The van der Waals surface area contributed by atoms with Crippen LogP contribution in [0.4, 0.5) is 5.69 Å². The summed E-state index contributed by atoms with van der Waals surface area (Å²) in [4.78, 5) is 1.01. The van der Waals surface area contributed by atoms with Crippen molar-refractivity contribution in [2.24, 2.45) is 0 Å². The van der Waals surface area contributed by atoms with Crippen molar-refractivity contribution in [2.75, 3.05) is 11.9 Å². The number of nitrogens with zero attached hydrogens (tertiary/aromatic N) is 1. The van der Waals surface area contributed by atoms with Crippen LogP contribution in [0.1, 0.15) is 11.8 Å². The lowest BCUT2D eigenvalue weighted by molar-refractivity contribution is -0.577. The van der Waals surface area contributed by atoms with Crippen LogP contribution in [-0.4, -0.2) is 11.6 Å². The van der Waals surface area contributed by atoms with Crippen molar-refractivity contribution in [3.63, 3.8) is 0 Å². The molecule has 26 heavy (non-hydrogen) atoms. The van der Waals surface area contributed by atoms with E-state index in [1.807, 2.05) is 73.2 Å². The molecule has 132 valence electrons. The number of hydrogen-bond donors (Lipinski definition) is 1. The topological polar surface area (TPSA) is 48.2 Å². The zero-order valence-electron chi connectivity index (χ0n) is 14.2. The monoisotopic (exact) mass is 382 g/mol. The molecule has 4 nitrogen and oxygen atoms in total. The summed E-state index contributed by atoms with van der Waals surface area (Å²) in [5.41, 5.74) is 1.21. The second-order valence-corrected chi connectivity index (χ2v) is 6.71. The van der Waals surface area contributed by atoms with E-state index in [1.165, 1.54) is 11.3 Å². The van der Waals surface area contributed by atoms with E-state index in [1.54, 1.807) is 10.6 Å². The number of rotatable bonds is 6. The molecule has 0 aliphatic carbocycles. The fourth-order valence-electron chi connectivity index (χ4n) is 2.40. The van der Waals surface area contributed by atoms with Crippen molar-refractivity contribution in [3.8, 4) is 5.75 Å². The molecule has 0 bridgehead atoms. The number of pyridine rings is 1. The van der Waals surface area contributed by atoms with Gasteiger partial charge in [0.05, 0.1) is 6.61 Å². The lowest BCUT2D eigenvalue weighted by Crippen LogP contribution is -2.39. The molecule has 0 aliphatic heterocycles. The van der Waals surface area contributed by atoms with Crippen LogP contribution in [0.3, 0.4) is 0 Å². The van der Waals surface area contributed by atoms with Crippen molar-refractivity contribution in [1.82, 2.24) is 0 Å². The van der Waals surface area contributed by atoms with Crippen molar-refractivity contribution < 1.29 is 14.4 Å². The Balaban J connectivity index is 1.92. The van der Waals surface area contributed by atoms with Gasteiger partial charge in [-0.2, -0.15) is 4.57 Å². The highest BCUT2D eigenvalue weighted by molar-refractivity contribution is 7.81. The first-order valence-electron chi connectivity index (χ1n) is 8.15. The van der Waals surface area contributed by atoms with Gasteiger partial charge in [-0.1, -0.05) is 24.4 Å². The predicted molar refractivity (Wildman–Crippen MR) is 108 cm³/mol. The summed E-state index contributed by atoms with van der Waals surface area (Å²) in [5, 5.41) is 18.0. The quantitative estimate of drug-likeness (QED) is 0.306. The van der Waals surface area contributed by atoms with Gasteiger partial charge in [0.2, 0.25) is 5.70 Å². The summed E-state index contributed by atoms with van der Waals surface area (Å²) in [5.74, 6) is 0.680. The van der Waals surface area contributed by atoms with E-state index in [0.29, 0.717) is 22.2 Å². The van der Waals surface area contributed by atoms with Crippen molar-refractivity contribution in [1.29, 1.82) is 0 Å². The Morgan fingerprint density at radius 2 is 1.85 bits per heavy atom. The van der Waals surface area contributed by atoms with E-state index >= 15 is 0 Å². The summed E-state index contributed by atoms with van der Waals surface area (Å²) in [6.45, 7) is 2.55. The van der Waals surface area contributed by atoms with Gasteiger partial charge in [-0.05, 0) is 48.4 Å². The lowest BCUT2D eigenvalue weighted by Gasteiger charge is -2.15. The largest absolute Gasteiger partial charge is 0.867 e. The summed E-state index contributed by atoms with van der Waals surface area (Å²) < 4.78 is 7.19. The molecule has 0 spiro atoms. The molecule has 1 N–H and O–H groups in total. The predicted octanol–water partition coefficient (Wildman–Crippen LogP) is 3.56. The first-order chi connectivity index (χ1) is 12.7. The molecule has 6 heteroatoms. The molecule has 0 fully saturated rings. The van der Waals surface area contributed by atoms with Crippen LogP contribution >= 0.6 is 23.6 Å². The fraction of sp³-hybridized carbons (Fsp3) is 0.100. The zero-order valence-corrected chi connectivity index (χ0v) is 15.8. The third-order valence-electron chi connectivity index (χ3n) is 3.57. The number of aromatic nitrogens is 1. The number of benzene rings is 1. The van der Waals surface area contributed by atoms with Crippen LogP contribution in [0.2, 0.25) is 0 Å². The SMILES string of the molecule is CCOc1ccc(NC(=S)C(=C([O-])c2cccs2)[n+]2ccccc2)cc1. The highest BCUT2D eigenvalue weighted by Crippen LogP contribution is 2.21. The maximum atomic E-state index is 13.0. The average molecular weight is 383 g/mol. The summed E-state index contributed by atoms with van der Waals surface area (Å²) in [6.07, 6.45) is 3.63. The van der Waals surface area contributed by atoms with Gasteiger partial charge in [0.25, 0.3) is 0 Å². The number of nitrogens with one attached hydrogen (secondary N) is 1. The van der Waals surface area contributed by atoms with Gasteiger partial charge in [-0.15, -0.1) is 11.3 Å². The molecule has 0 atom stereocenters. The van der Waals surface area contributed by atoms with Gasteiger partial charge in [-0.3, -0.25) is 0 Å². The standard InChI is InChI=1S/C20H18N2O2S2/c1-2-24-16-10-8-15(9-11-16)21-20(25)18(22-12-4-3-5-13-22)19(23)17-7-6-14-26-17/h3-14H,2H2,1H3,(H-,21,23,25). The van der Waals surface area contributed by atoms with Crippen LogP contribution in [0.15, 0.2) is 72.4 Å². The first-order valence-corrected chi connectivity index (χ1v) is 9.44. The Bertz CT molecular complexity index is 889. The fourth-order valence-corrected chi connectivity index (χ4v) is 3.38. The highest BCUT2D eigenvalue weighted by atomic mass is 32.1. The van der Waals surface area contributed by atoms with E-state index in [0.717, 1.165) is 11.4 Å². The van der Waals surface area contributed by atoms with Gasteiger partial charge in [0.1, 0.15) is 5.75 Å². The Morgan fingerprint density at radius 1 is 1.12 bits per heavy atom. The Labute approximate surface area is 162 Å². The number of ether oxygens (including phenoxy) is 1. The van der Waals surface area contributed by atoms with E-state index in [-0.39, 0.29) is 5.76 Å². The van der Waals surface area contributed by atoms with Gasteiger partial charge >= 0.3 is 0 Å². The molecule has 0 aliphatic rings. The third-order valence-corrected chi connectivity index (χ3v) is 4.74. The maximum Gasteiger partial charge on any atom is 0.239 e. The molecule has 0 saturated carbocycles. The van der Waals surface area contributed by atoms with Crippen LogP contribution in [-0.2, 0) is 0 Å². The zero-order chi connectivity index (χ0) is 18.4. The lowest BCUT2D eigenvalue weighted by atomic mass is 10.2. The van der Waals surface area contributed by atoms with Crippen molar-refractivity contribution >= 4 is 45.7 Å². The van der Waals surface area contributed by atoms with Crippen LogP contribution < -0.4 is 19.7 Å². The van der Waals surface area contributed by atoms with Gasteiger partial charge < -0.3 is 15.2 Å². The average Bonchev–Trinajstić information content (AvgIpc) is 3.19.